The van der Waals surface area contributed by atoms with E-state index in [2.05, 4.69) is 21.2 Å². The number of fused-ring (bicyclic) bond motifs is 1. The maximum atomic E-state index is 12.5. The first kappa shape index (κ1) is 16.0. The van der Waals surface area contributed by atoms with E-state index in [1.807, 2.05) is 12.1 Å². The molecule has 0 bridgehead atoms. The zero-order valence-electron chi connectivity index (χ0n) is 12.4. The van der Waals surface area contributed by atoms with Crippen molar-refractivity contribution in [1.82, 2.24) is 0 Å². The predicted molar refractivity (Wildman–Crippen MR) is 95.3 cm³/mol. The van der Waals surface area contributed by atoms with Crippen LogP contribution in [0.1, 0.15) is 22.8 Å². The molecule has 0 radical (unpaired) electrons. The third-order valence-corrected chi connectivity index (χ3v) is 4.44. The van der Waals surface area contributed by atoms with E-state index in [1.165, 1.54) is 6.92 Å². The fourth-order valence-electron chi connectivity index (χ4n) is 2.74. The van der Waals surface area contributed by atoms with E-state index >= 15 is 0 Å². The second-order valence-electron chi connectivity index (χ2n) is 5.35. The Morgan fingerprint density at radius 3 is 2.74 bits per heavy atom. The highest BCUT2D eigenvalue weighted by molar-refractivity contribution is 9.10. The Labute approximate surface area is 147 Å². The zero-order valence-corrected chi connectivity index (χ0v) is 14.7. The molecule has 2 aromatic rings. The number of hydrogen-bond donors (Lipinski definition) is 1. The monoisotopic (exact) mass is 392 g/mol. The number of nitrogens with one attached hydrogen (secondary N) is 1. The summed E-state index contributed by atoms with van der Waals surface area (Å²) in [6, 6.07) is 10.5. The molecule has 0 aromatic heterocycles. The van der Waals surface area contributed by atoms with Crippen LogP contribution in [0.4, 0.5) is 11.4 Å². The molecule has 0 spiro atoms. The molecule has 0 saturated carbocycles. The quantitative estimate of drug-likeness (QED) is 0.828. The summed E-state index contributed by atoms with van der Waals surface area (Å²) in [5.41, 5.74) is 2.90. The summed E-state index contributed by atoms with van der Waals surface area (Å²) in [6.07, 6.45) is 0.772. The van der Waals surface area contributed by atoms with Crippen LogP contribution in [0, 0.1) is 0 Å². The average Bonchev–Trinajstić information content (AvgIpc) is 2.91. The van der Waals surface area contributed by atoms with Crippen molar-refractivity contribution >= 4 is 50.7 Å². The summed E-state index contributed by atoms with van der Waals surface area (Å²) in [5.74, 6) is -0.299. The molecule has 23 heavy (non-hydrogen) atoms. The number of hydrogen-bond acceptors (Lipinski definition) is 2. The van der Waals surface area contributed by atoms with Gasteiger partial charge >= 0.3 is 0 Å². The van der Waals surface area contributed by atoms with Crippen LogP contribution < -0.4 is 10.2 Å². The molecule has 2 aromatic carbocycles. The van der Waals surface area contributed by atoms with Crippen LogP contribution in [0.25, 0.3) is 0 Å². The third-order valence-electron chi connectivity index (χ3n) is 3.74. The van der Waals surface area contributed by atoms with Crippen LogP contribution in [0.15, 0.2) is 40.9 Å². The van der Waals surface area contributed by atoms with Crippen molar-refractivity contribution in [1.29, 1.82) is 0 Å². The fraction of sp³-hybridized carbons (Fsp3) is 0.176. The molecule has 1 N–H and O–H groups in total. The second-order valence-corrected chi connectivity index (χ2v) is 6.70. The first-order valence-electron chi connectivity index (χ1n) is 7.13. The van der Waals surface area contributed by atoms with Gasteiger partial charge in [-0.25, -0.2) is 0 Å². The first-order valence-corrected chi connectivity index (χ1v) is 8.30. The first-order chi connectivity index (χ1) is 11.0. The number of rotatable bonds is 2. The van der Waals surface area contributed by atoms with Gasteiger partial charge in [0.25, 0.3) is 5.91 Å². The Kier molecular flexibility index (Phi) is 4.41. The number of carbonyl (C=O) groups excluding carboxylic acids is 2. The van der Waals surface area contributed by atoms with Crippen LogP contribution in [0.3, 0.4) is 0 Å². The van der Waals surface area contributed by atoms with E-state index in [0.29, 0.717) is 22.8 Å². The maximum Gasteiger partial charge on any atom is 0.255 e. The summed E-state index contributed by atoms with van der Waals surface area (Å²) >= 11 is 9.39. The Hall–Kier alpha value is -1.85. The number of halogens is 2. The van der Waals surface area contributed by atoms with E-state index in [0.717, 1.165) is 22.1 Å². The normalized spacial score (nSPS) is 12.9. The average molecular weight is 394 g/mol. The molecule has 1 heterocycles. The number of benzene rings is 2. The standard InChI is InChI=1S/C17H14BrClN2O2/c1-10(22)21-6-5-11-7-13(18)9-15(16(11)21)20-17(23)12-3-2-4-14(19)8-12/h2-4,7-9H,5-6H2,1H3,(H,20,23). The molecule has 0 saturated heterocycles. The van der Waals surface area contributed by atoms with E-state index in [9.17, 15) is 9.59 Å². The summed E-state index contributed by atoms with van der Waals surface area (Å²) in [5, 5.41) is 3.39. The van der Waals surface area contributed by atoms with E-state index in [1.54, 1.807) is 29.2 Å². The van der Waals surface area contributed by atoms with Gasteiger partial charge < -0.3 is 10.2 Å². The Morgan fingerprint density at radius 1 is 1.26 bits per heavy atom. The van der Waals surface area contributed by atoms with E-state index < -0.39 is 0 Å². The minimum atomic E-state index is -0.261. The molecule has 1 aliphatic rings. The van der Waals surface area contributed by atoms with Gasteiger partial charge in [-0.15, -0.1) is 0 Å². The molecule has 0 unspecified atom stereocenters. The molecule has 0 fully saturated rings. The van der Waals surface area contributed by atoms with Gasteiger partial charge in [0, 0.05) is 28.5 Å². The van der Waals surface area contributed by atoms with Crippen molar-refractivity contribution in [2.75, 3.05) is 16.8 Å². The molecule has 0 atom stereocenters. The summed E-state index contributed by atoms with van der Waals surface area (Å²) < 4.78 is 0.864. The van der Waals surface area contributed by atoms with Gasteiger partial charge in [0.05, 0.1) is 11.4 Å². The van der Waals surface area contributed by atoms with Gasteiger partial charge in [-0.05, 0) is 42.3 Å². The van der Waals surface area contributed by atoms with Crippen molar-refractivity contribution in [3.05, 3.63) is 57.0 Å². The van der Waals surface area contributed by atoms with Gasteiger partial charge in [0.2, 0.25) is 5.91 Å². The van der Waals surface area contributed by atoms with Crippen LogP contribution in [0.2, 0.25) is 5.02 Å². The molecular weight excluding hydrogens is 380 g/mol. The van der Waals surface area contributed by atoms with Crippen LogP contribution in [-0.4, -0.2) is 18.4 Å². The molecular formula is C17H14BrClN2O2. The molecule has 6 heteroatoms. The van der Waals surface area contributed by atoms with Crippen molar-refractivity contribution in [2.45, 2.75) is 13.3 Å². The van der Waals surface area contributed by atoms with Crippen LogP contribution >= 0.6 is 27.5 Å². The summed E-state index contributed by atoms with van der Waals surface area (Å²) in [7, 11) is 0. The minimum absolute atomic E-state index is 0.0377. The van der Waals surface area contributed by atoms with Gasteiger partial charge in [0.1, 0.15) is 0 Å². The molecule has 2 amide bonds. The molecule has 118 valence electrons. The Bertz CT molecular complexity index is 807. The van der Waals surface area contributed by atoms with Crippen molar-refractivity contribution < 1.29 is 9.59 Å². The lowest BCUT2D eigenvalue weighted by atomic mass is 10.1. The maximum absolute atomic E-state index is 12.5. The van der Waals surface area contributed by atoms with Crippen molar-refractivity contribution in [3.8, 4) is 0 Å². The molecule has 0 aliphatic carbocycles. The van der Waals surface area contributed by atoms with Gasteiger partial charge in [0.15, 0.2) is 0 Å². The van der Waals surface area contributed by atoms with Crippen LogP contribution in [0.5, 0.6) is 0 Å². The fourth-order valence-corrected chi connectivity index (χ4v) is 3.44. The van der Waals surface area contributed by atoms with Crippen molar-refractivity contribution in [2.24, 2.45) is 0 Å². The Balaban J connectivity index is 1.97. The Morgan fingerprint density at radius 2 is 2.04 bits per heavy atom. The molecule has 4 nitrogen and oxygen atoms in total. The number of amides is 2. The lowest BCUT2D eigenvalue weighted by molar-refractivity contribution is -0.116. The highest BCUT2D eigenvalue weighted by atomic mass is 79.9. The number of anilines is 2. The lowest BCUT2D eigenvalue weighted by Gasteiger charge is -2.19. The van der Waals surface area contributed by atoms with Gasteiger partial charge in [-0.3, -0.25) is 9.59 Å². The SMILES string of the molecule is CC(=O)N1CCc2cc(Br)cc(NC(=O)c3cccc(Cl)c3)c21. The smallest absolute Gasteiger partial charge is 0.255 e. The van der Waals surface area contributed by atoms with E-state index in [4.69, 9.17) is 11.6 Å². The lowest BCUT2D eigenvalue weighted by Crippen LogP contribution is -2.27. The minimum Gasteiger partial charge on any atom is -0.320 e. The molecule has 3 rings (SSSR count). The van der Waals surface area contributed by atoms with Crippen LogP contribution in [-0.2, 0) is 11.2 Å². The predicted octanol–water partition coefficient (Wildman–Crippen LogP) is 4.26. The number of nitrogens with zero attached hydrogens (tertiary/aromatic N) is 1. The van der Waals surface area contributed by atoms with E-state index in [-0.39, 0.29) is 11.8 Å². The third kappa shape index (κ3) is 3.26. The van der Waals surface area contributed by atoms with Gasteiger partial charge in [-0.1, -0.05) is 33.6 Å². The van der Waals surface area contributed by atoms with Gasteiger partial charge in [-0.2, -0.15) is 0 Å². The summed E-state index contributed by atoms with van der Waals surface area (Å²) in [6.45, 7) is 2.15. The second kappa shape index (κ2) is 6.34. The topological polar surface area (TPSA) is 49.4 Å². The zero-order chi connectivity index (χ0) is 16.6. The highest BCUT2D eigenvalue weighted by Gasteiger charge is 2.26. The highest BCUT2D eigenvalue weighted by Crippen LogP contribution is 2.38. The molecule has 1 aliphatic heterocycles. The largest absolute Gasteiger partial charge is 0.320 e. The van der Waals surface area contributed by atoms with Crippen molar-refractivity contribution in [3.63, 3.8) is 0 Å². The summed E-state index contributed by atoms with van der Waals surface area (Å²) in [4.78, 5) is 26.0. The number of carbonyl (C=O) groups is 2.